The number of pyridine rings is 1. The summed E-state index contributed by atoms with van der Waals surface area (Å²) < 4.78 is 29.6. The zero-order chi connectivity index (χ0) is 20.4. The minimum absolute atomic E-state index is 0. The molecule has 0 saturated carbocycles. The monoisotopic (exact) mass is 467 g/mol. The first-order valence-electron chi connectivity index (χ1n) is 9.54. The van der Waals surface area contributed by atoms with Crippen molar-refractivity contribution in [3.63, 3.8) is 0 Å². The Labute approximate surface area is 186 Å². The van der Waals surface area contributed by atoms with Gasteiger partial charge in [-0.3, -0.25) is 4.79 Å². The van der Waals surface area contributed by atoms with Gasteiger partial charge < -0.3 is 9.88 Å². The maximum atomic E-state index is 13.2. The van der Waals surface area contributed by atoms with E-state index in [1.165, 1.54) is 4.31 Å². The van der Waals surface area contributed by atoms with Gasteiger partial charge in [-0.2, -0.15) is 4.31 Å². The second-order valence-corrected chi connectivity index (χ2v) is 9.44. The molecule has 1 N–H and O–H groups in total. The third-order valence-electron chi connectivity index (χ3n) is 5.16. The summed E-state index contributed by atoms with van der Waals surface area (Å²) in [6.45, 7) is 2.71. The molecule has 0 atom stereocenters. The Balaban J connectivity index is 0.00000256. The average Bonchev–Trinajstić information content (AvgIpc) is 3.01. The van der Waals surface area contributed by atoms with Crippen LogP contribution in [-0.2, 0) is 16.6 Å². The maximum absolute atomic E-state index is 13.2. The zero-order valence-electron chi connectivity index (χ0n) is 16.3. The lowest BCUT2D eigenvalue weighted by Gasteiger charge is -2.20. The number of rotatable bonds is 4. The maximum Gasteiger partial charge on any atom is 0.258 e. The highest BCUT2D eigenvalue weighted by Gasteiger charge is 2.27. The normalized spacial score (nSPS) is 15.5. The first kappa shape index (κ1) is 22.8. The molecule has 1 fully saturated rings. The lowest BCUT2D eigenvalue weighted by molar-refractivity contribution is 0.432. The number of aromatic nitrogens is 1. The van der Waals surface area contributed by atoms with Gasteiger partial charge in [-0.05, 0) is 48.9 Å². The number of benzene rings is 2. The first-order valence-corrected chi connectivity index (χ1v) is 11.4. The highest BCUT2D eigenvalue weighted by molar-refractivity contribution is 7.89. The van der Waals surface area contributed by atoms with E-state index in [0.717, 1.165) is 18.5 Å². The van der Waals surface area contributed by atoms with E-state index in [2.05, 4.69) is 5.32 Å². The number of fused-ring (bicyclic) bond motifs is 1. The summed E-state index contributed by atoms with van der Waals surface area (Å²) in [4.78, 5) is 13.2. The van der Waals surface area contributed by atoms with Gasteiger partial charge in [-0.15, -0.1) is 12.4 Å². The largest absolute Gasteiger partial charge is 0.315 e. The summed E-state index contributed by atoms with van der Waals surface area (Å²) in [5.74, 6) is 0. The molecule has 0 aliphatic carbocycles. The zero-order valence-corrected chi connectivity index (χ0v) is 18.6. The van der Waals surface area contributed by atoms with Crippen LogP contribution in [0.3, 0.4) is 0 Å². The molecule has 1 saturated heterocycles. The van der Waals surface area contributed by atoms with Crippen molar-refractivity contribution < 1.29 is 8.42 Å². The molecule has 0 unspecified atom stereocenters. The molecular weight excluding hydrogens is 445 g/mol. The van der Waals surface area contributed by atoms with Gasteiger partial charge in [0.2, 0.25) is 10.0 Å². The standard InChI is InChI=1S/C21H22ClN3O3S.ClH/c22-17-7-5-16(6-8-17)15-24-13-9-18-19(21(24)26)3-1-4-20(18)29(27,28)25-12-2-10-23-11-14-25;/h1,3-9,13,23H,2,10-12,14-15H2;1H. The van der Waals surface area contributed by atoms with E-state index in [1.807, 2.05) is 12.1 Å². The Morgan fingerprint density at radius 2 is 1.73 bits per heavy atom. The van der Waals surface area contributed by atoms with Gasteiger partial charge in [0.15, 0.2) is 0 Å². The fourth-order valence-corrected chi connectivity index (χ4v) is 5.44. The van der Waals surface area contributed by atoms with E-state index < -0.39 is 10.0 Å². The molecule has 3 aromatic rings. The van der Waals surface area contributed by atoms with E-state index in [-0.39, 0.29) is 22.9 Å². The summed E-state index contributed by atoms with van der Waals surface area (Å²) in [7, 11) is -3.67. The summed E-state index contributed by atoms with van der Waals surface area (Å²) in [6.07, 6.45) is 2.42. The predicted molar refractivity (Wildman–Crippen MR) is 122 cm³/mol. The SMILES string of the molecule is Cl.O=c1c2cccc(S(=O)(=O)N3CCCNCC3)c2ccn1Cc1ccc(Cl)cc1. The Morgan fingerprint density at radius 1 is 0.967 bits per heavy atom. The molecule has 2 aromatic carbocycles. The first-order chi connectivity index (χ1) is 14.0. The molecule has 1 aromatic heterocycles. The fraction of sp³-hybridized carbons (Fsp3) is 0.286. The van der Waals surface area contributed by atoms with Gasteiger partial charge in [-0.25, -0.2) is 8.42 Å². The second-order valence-electron chi connectivity index (χ2n) is 7.10. The molecular formula is C21H23Cl2N3O3S. The van der Waals surface area contributed by atoms with Crippen molar-refractivity contribution in [3.8, 4) is 0 Å². The van der Waals surface area contributed by atoms with E-state index >= 15 is 0 Å². The smallest absolute Gasteiger partial charge is 0.258 e. The van der Waals surface area contributed by atoms with Gasteiger partial charge in [0.25, 0.3) is 5.56 Å². The van der Waals surface area contributed by atoms with E-state index in [4.69, 9.17) is 11.6 Å². The van der Waals surface area contributed by atoms with Gasteiger partial charge in [0.05, 0.1) is 11.4 Å². The topological polar surface area (TPSA) is 71.4 Å². The average molecular weight is 468 g/mol. The van der Waals surface area contributed by atoms with E-state index in [9.17, 15) is 13.2 Å². The van der Waals surface area contributed by atoms with Gasteiger partial charge in [-0.1, -0.05) is 29.8 Å². The Hall–Kier alpha value is -1.90. The molecule has 1 aliphatic heterocycles. The lowest BCUT2D eigenvalue weighted by Crippen LogP contribution is -2.34. The van der Waals surface area contributed by atoms with Crippen LogP contribution in [0.15, 0.2) is 64.4 Å². The van der Waals surface area contributed by atoms with Crippen LogP contribution in [0.1, 0.15) is 12.0 Å². The third-order valence-corrected chi connectivity index (χ3v) is 7.37. The highest BCUT2D eigenvalue weighted by Crippen LogP contribution is 2.24. The third kappa shape index (κ3) is 4.55. The van der Waals surface area contributed by atoms with Crippen LogP contribution in [0.25, 0.3) is 10.8 Å². The summed E-state index contributed by atoms with van der Waals surface area (Å²) in [5, 5.41) is 4.71. The molecule has 1 aliphatic rings. The van der Waals surface area contributed by atoms with Crippen LogP contribution in [0.2, 0.25) is 5.02 Å². The van der Waals surface area contributed by atoms with Crippen LogP contribution in [-0.4, -0.2) is 43.5 Å². The van der Waals surface area contributed by atoms with Crippen LogP contribution < -0.4 is 10.9 Å². The molecule has 4 rings (SSSR count). The van der Waals surface area contributed by atoms with Crippen LogP contribution >= 0.6 is 24.0 Å². The Morgan fingerprint density at radius 3 is 2.50 bits per heavy atom. The molecule has 160 valence electrons. The number of halogens is 2. The Kier molecular flexibility index (Phi) is 7.21. The van der Waals surface area contributed by atoms with Crippen molar-refractivity contribution in [2.24, 2.45) is 0 Å². The lowest BCUT2D eigenvalue weighted by atomic mass is 10.1. The Bertz CT molecular complexity index is 1190. The molecule has 9 heteroatoms. The molecule has 0 spiro atoms. The van der Waals surface area contributed by atoms with Crippen LogP contribution in [0, 0.1) is 0 Å². The molecule has 0 radical (unpaired) electrons. The van der Waals surface area contributed by atoms with E-state index in [1.54, 1.807) is 47.2 Å². The van der Waals surface area contributed by atoms with E-state index in [0.29, 0.717) is 42.0 Å². The summed E-state index contributed by atoms with van der Waals surface area (Å²) in [5.41, 5.74) is 0.726. The fourth-order valence-electron chi connectivity index (χ4n) is 3.63. The highest BCUT2D eigenvalue weighted by atomic mass is 35.5. The quantitative estimate of drug-likeness (QED) is 0.639. The van der Waals surface area contributed by atoms with Crippen molar-refractivity contribution in [2.45, 2.75) is 17.9 Å². The number of nitrogens with one attached hydrogen (secondary N) is 1. The van der Waals surface area contributed by atoms with Crippen molar-refractivity contribution in [3.05, 3.63) is 75.7 Å². The van der Waals surface area contributed by atoms with Crippen molar-refractivity contribution in [1.29, 1.82) is 0 Å². The summed E-state index contributed by atoms with van der Waals surface area (Å²) >= 11 is 5.93. The van der Waals surface area contributed by atoms with Crippen LogP contribution in [0.5, 0.6) is 0 Å². The molecule has 0 bridgehead atoms. The number of hydrogen-bond acceptors (Lipinski definition) is 4. The van der Waals surface area contributed by atoms with Gasteiger partial charge >= 0.3 is 0 Å². The molecule has 6 nitrogen and oxygen atoms in total. The van der Waals surface area contributed by atoms with Crippen molar-refractivity contribution in [1.82, 2.24) is 14.2 Å². The summed E-state index contributed by atoms with van der Waals surface area (Å²) in [6, 6.07) is 13.9. The second kappa shape index (κ2) is 9.49. The van der Waals surface area contributed by atoms with Crippen LogP contribution in [0.4, 0.5) is 0 Å². The van der Waals surface area contributed by atoms with Crippen molar-refractivity contribution in [2.75, 3.05) is 26.2 Å². The molecule has 0 amide bonds. The van der Waals surface area contributed by atoms with Crippen molar-refractivity contribution >= 4 is 44.8 Å². The van der Waals surface area contributed by atoms with Gasteiger partial charge in [0.1, 0.15) is 0 Å². The van der Waals surface area contributed by atoms with Gasteiger partial charge in [0, 0.05) is 41.6 Å². The number of sulfonamides is 1. The molecule has 2 heterocycles. The molecule has 30 heavy (non-hydrogen) atoms. The number of hydrogen-bond donors (Lipinski definition) is 1. The minimum atomic E-state index is -3.67. The minimum Gasteiger partial charge on any atom is -0.315 e. The number of nitrogens with zero attached hydrogens (tertiary/aromatic N) is 2. The predicted octanol–water partition coefficient (Wildman–Crippen LogP) is 3.11.